The zero-order valence-corrected chi connectivity index (χ0v) is 19.9. The molecule has 1 aromatic rings. The van der Waals surface area contributed by atoms with E-state index in [1.807, 2.05) is 4.90 Å². The molecule has 3 aliphatic rings. The van der Waals surface area contributed by atoms with E-state index in [4.69, 9.17) is 4.98 Å². The fourth-order valence-corrected chi connectivity index (χ4v) is 6.12. The minimum Gasteiger partial charge on any atom is -0.356 e. The van der Waals surface area contributed by atoms with E-state index < -0.39 is 0 Å². The van der Waals surface area contributed by atoms with Crippen molar-refractivity contribution in [1.29, 1.82) is 0 Å². The van der Waals surface area contributed by atoms with Crippen LogP contribution >= 0.6 is 11.3 Å². The number of hydrogen-bond acceptors (Lipinski definition) is 6. The van der Waals surface area contributed by atoms with Crippen LogP contribution in [-0.4, -0.2) is 79.0 Å². The lowest BCUT2D eigenvalue weighted by molar-refractivity contribution is -0.129. The van der Waals surface area contributed by atoms with Crippen LogP contribution in [0.2, 0.25) is 0 Å². The van der Waals surface area contributed by atoms with Crippen molar-refractivity contribution in [2.24, 2.45) is 11.8 Å². The van der Waals surface area contributed by atoms with Crippen molar-refractivity contribution in [2.45, 2.75) is 52.4 Å². The van der Waals surface area contributed by atoms with Crippen LogP contribution in [0.5, 0.6) is 0 Å². The smallest absolute Gasteiger partial charge is 0.223 e. The molecule has 172 valence electrons. The third-order valence-corrected chi connectivity index (χ3v) is 8.30. The molecule has 8 heteroatoms. The molecule has 1 N–H and O–H groups in total. The van der Waals surface area contributed by atoms with Gasteiger partial charge in [0.05, 0.1) is 5.69 Å². The third kappa shape index (κ3) is 5.77. The van der Waals surface area contributed by atoms with Gasteiger partial charge in [-0.15, -0.1) is 11.3 Å². The number of aromatic nitrogens is 1. The van der Waals surface area contributed by atoms with Crippen LogP contribution in [0.4, 0.5) is 5.13 Å². The number of aryl methyl sites for hydroxylation is 1. The van der Waals surface area contributed by atoms with Crippen molar-refractivity contribution < 1.29 is 9.59 Å². The first kappa shape index (κ1) is 22.5. The van der Waals surface area contributed by atoms with Gasteiger partial charge in [-0.2, -0.15) is 0 Å². The zero-order chi connectivity index (χ0) is 21.8. The number of amides is 2. The Labute approximate surface area is 190 Å². The Bertz CT molecular complexity index is 766. The van der Waals surface area contributed by atoms with Crippen LogP contribution in [0.1, 0.15) is 50.1 Å². The standard InChI is InChI=1S/C23H37N5O2S/c1-17-6-10-26(11-7-17)9-3-8-24-22(30)19-4-5-20-21(16-19)31-23(25-20)28-14-12-27(13-15-28)18(2)29/h17,19H,3-16H2,1-2H3,(H,24,30)/t19-/m1/s1. The van der Waals surface area contributed by atoms with Crippen LogP contribution in [-0.2, 0) is 22.4 Å². The monoisotopic (exact) mass is 447 g/mol. The van der Waals surface area contributed by atoms with Crippen molar-refractivity contribution >= 4 is 28.3 Å². The molecule has 1 atom stereocenters. The maximum absolute atomic E-state index is 12.7. The predicted octanol–water partition coefficient (Wildman–Crippen LogP) is 2.15. The molecule has 1 aliphatic carbocycles. The molecular formula is C23H37N5O2S. The zero-order valence-electron chi connectivity index (χ0n) is 19.1. The topological polar surface area (TPSA) is 68.8 Å². The number of anilines is 1. The molecule has 3 heterocycles. The van der Waals surface area contributed by atoms with Gasteiger partial charge in [0.25, 0.3) is 0 Å². The molecule has 1 aromatic heterocycles. The molecule has 2 aliphatic heterocycles. The largest absolute Gasteiger partial charge is 0.356 e. The van der Waals surface area contributed by atoms with Gasteiger partial charge in [-0.1, -0.05) is 6.92 Å². The summed E-state index contributed by atoms with van der Waals surface area (Å²) in [5.74, 6) is 1.30. The first-order valence-corrected chi connectivity index (χ1v) is 12.8. The number of carbonyl (C=O) groups is 2. The number of carbonyl (C=O) groups excluding carboxylic acids is 2. The first-order chi connectivity index (χ1) is 15.0. The Balaban J connectivity index is 1.21. The molecule has 0 bridgehead atoms. The van der Waals surface area contributed by atoms with E-state index in [1.165, 1.54) is 36.5 Å². The van der Waals surface area contributed by atoms with Gasteiger partial charge in [-0.05, 0) is 64.1 Å². The van der Waals surface area contributed by atoms with Gasteiger partial charge in [0.15, 0.2) is 5.13 Å². The van der Waals surface area contributed by atoms with Crippen molar-refractivity contribution in [3.05, 3.63) is 10.6 Å². The van der Waals surface area contributed by atoms with Crippen molar-refractivity contribution in [3.63, 3.8) is 0 Å². The second-order valence-electron chi connectivity index (χ2n) is 9.47. The molecule has 0 spiro atoms. The summed E-state index contributed by atoms with van der Waals surface area (Å²) < 4.78 is 0. The summed E-state index contributed by atoms with van der Waals surface area (Å²) >= 11 is 1.74. The van der Waals surface area contributed by atoms with E-state index >= 15 is 0 Å². The quantitative estimate of drug-likeness (QED) is 0.677. The molecule has 0 unspecified atom stereocenters. The predicted molar refractivity (Wildman–Crippen MR) is 125 cm³/mol. The lowest BCUT2D eigenvalue weighted by Crippen LogP contribution is -2.48. The van der Waals surface area contributed by atoms with Gasteiger partial charge in [0, 0.05) is 50.4 Å². The second-order valence-corrected chi connectivity index (χ2v) is 10.5. The molecule has 0 saturated carbocycles. The average Bonchev–Trinajstić information content (AvgIpc) is 3.21. The summed E-state index contributed by atoms with van der Waals surface area (Å²) in [6, 6.07) is 0. The van der Waals surface area contributed by atoms with E-state index in [-0.39, 0.29) is 17.7 Å². The number of likely N-dealkylation sites (tertiary alicyclic amines) is 1. The van der Waals surface area contributed by atoms with E-state index in [1.54, 1.807) is 18.3 Å². The highest BCUT2D eigenvalue weighted by molar-refractivity contribution is 7.15. The third-order valence-electron chi connectivity index (χ3n) is 7.12. The summed E-state index contributed by atoms with van der Waals surface area (Å²) in [5, 5.41) is 4.25. The molecule has 7 nitrogen and oxygen atoms in total. The fourth-order valence-electron chi connectivity index (χ4n) is 4.88. The van der Waals surface area contributed by atoms with Gasteiger partial charge in [-0.3, -0.25) is 9.59 Å². The molecule has 0 aromatic carbocycles. The van der Waals surface area contributed by atoms with Crippen LogP contribution in [0.3, 0.4) is 0 Å². The minimum absolute atomic E-state index is 0.0752. The minimum atomic E-state index is 0.0752. The summed E-state index contributed by atoms with van der Waals surface area (Å²) in [4.78, 5) is 37.1. The number of nitrogens with zero attached hydrogens (tertiary/aromatic N) is 4. The number of thiazole rings is 1. The average molecular weight is 448 g/mol. The fraction of sp³-hybridized carbons (Fsp3) is 0.783. The number of nitrogens with one attached hydrogen (secondary N) is 1. The summed E-state index contributed by atoms with van der Waals surface area (Å²) in [6.07, 6.45) is 6.25. The first-order valence-electron chi connectivity index (χ1n) is 12.0. The summed E-state index contributed by atoms with van der Waals surface area (Å²) in [5.41, 5.74) is 1.18. The normalized spacial score (nSPS) is 23.0. The number of fused-ring (bicyclic) bond motifs is 1. The highest BCUT2D eigenvalue weighted by Gasteiger charge is 2.29. The Kier molecular flexibility index (Phi) is 7.48. The van der Waals surface area contributed by atoms with Crippen molar-refractivity contribution in [2.75, 3.05) is 57.3 Å². The van der Waals surface area contributed by atoms with Gasteiger partial charge >= 0.3 is 0 Å². The van der Waals surface area contributed by atoms with Gasteiger partial charge in [0.1, 0.15) is 0 Å². The van der Waals surface area contributed by atoms with Crippen molar-refractivity contribution in [1.82, 2.24) is 20.1 Å². The van der Waals surface area contributed by atoms with Crippen LogP contribution in [0, 0.1) is 11.8 Å². The Morgan fingerprint density at radius 3 is 2.55 bits per heavy atom. The van der Waals surface area contributed by atoms with E-state index in [2.05, 4.69) is 22.0 Å². The molecule has 31 heavy (non-hydrogen) atoms. The number of hydrogen-bond donors (Lipinski definition) is 1. The lowest BCUT2D eigenvalue weighted by Gasteiger charge is -2.33. The Morgan fingerprint density at radius 2 is 1.84 bits per heavy atom. The number of piperazine rings is 1. The number of rotatable bonds is 6. The number of piperidine rings is 1. The molecule has 2 fully saturated rings. The Morgan fingerprint density at radius 1 is 1.10 bits per heavy atom. The lowest BCUT2D eigenvalue weighted by atomic mass is 9.90. The highest BCUT2D eigenvalue weighted by Crippen LogP contribution is 2.34. The SMILES string of the molecule is CC(=O)N1CCN(c2nc3c(s2)C[C@H](C(=O)NCCCN2CCC(C)CC2)CC3)CC1. The van der Waals surface area contributed by atoms with Crippen LogP contribution in [0.25, 0.3) is 0 Å². The summed E-state index contributed by atoms with van der Waals surface area (Å²) in [6.45, 7) is 11.5. The van der Waals surface area contributed by atoms with Gasteiger partial charge < -0.3 is 20.0 Å². The van der Waals surface area contributed by atoms with Crippen LogP contribution < -0.4 is 10.2 Å². The van der Waals surface area contributed by atoms with Crippen LogP contribution in [0.15, 0.2) is 0 Å². The molecule has 0 radical (unpaired) electrons. The Hall–Kier alpha value is -1.67. The second kappa shape index (κ2) is 10.3. The summed E-state index contributed by atoms with van der Waals surface area (Å²) in [7, 11) is 0. The van der Waals surface area contributed by atoms with E-state index in [0.29, 0.717) is 0 Å². The van der Waals surface area contributed by atoms with E-state index in [0.717, 1.165) is 76.0 Å². The maximum Gasteiger partial charge on any atom is 0.223 e. The van der Waals surface area contributed by atoms with Gasteiger partial charge in [0.2, 0.25) is 11.8 Å². The molecular weight excluding hydrogens is 410 g/mol. The maximum atomic E-state index is 12.7. The molecule has 2 amide bonds. The van der Waals surface area contributed by atoms with Gasteiger partial charge in [-0.25, -0.2) is 4.98 Å². The molecule has 2 saturated heterocycles. The highest BCUT2D eigenvalue weighted by atomic mass is 32.1. The van der Waals surface area contributed by atoms with E-state index in [9.17, 15) is 9.59 Å². The van der Waals surface area contributed by atoms with Crippen molar-refractivity contribution in [3.8, 4) is 0 Å². The molecule has 4 rings (SSSR count).